The first-order valence-electron chi connectivity index (χ1n) is 17.0. The maximum atomic E-state index is 13.4. The van der Waals surface area contributed by atoms with Gasteiger partial charge in [0.25, 0.3) is 11.8 Å². The molecule has 7 rings (SSSR count). The number of allylic oxidation sites excluding steroid dienone is 1. The number of carbonyl (C=O) groups excluding carboxylic acids is 4. The minimum atomic E-state index is -0.784. The summed E-state index contributed by atoms with van der Waals surface area (Å²) in [5.41, 5.74) is 5.07. The van der Waals surface area contributed by atoms with Gasteiger partial charge in [-0.1, -0.05) is 42.0 Å². The van der Waals surface area contributed by atoms with Gasteiger partial charge < -0.3 is 10.1 Å². The van der Waals surface area contributed by atoms with Gasteiger partial charge in [-0.3, -0.25) is 33.6 Å². The minimum Gasteiger partial charge on any atom is -0.493 e. The Kier molecular flexibility index (Phi) is 9.47. The average molecular weight is 725 g/mol. The van der Waals surface area contributed by atoms with Crippen molar-refractivity contribution in [3.63, 3.8) is 0 Å². The molecule has 0 radical (unpaired) electrons. The number of nitrogens with one attached hydrogen (secondary N) is 1. The van der Waals surface area contributed by atoms with Crippen LogP contribution < -0.4 is 10.1 Å². The predicted molar refractivity (Wildman–Crippen MR) is 194 cm³/mol. The van der Waals surface area contributed by atoms with Crippen LogP contribution in [-0.4, -0.2) is 68.1 Å². The molecule has 51 heavy (non-hydrogen) atoms. The average Bonchev–Trinajstić information content (AvgIpc) is 3.68. The summed E-state index contributed by atoms with van der Waals surface area (Å²) in [6.45, 7) is 10.6. The molecule has 1 fully saturated rings. The predicted octanol–water partition coefficient (Wildman–Crippen LogP) is 6.44. The van der Waals surface area contributed by atoms with E-state index in [1.54, 1.807) is 29.5 Å². The van der Waals surface area contributed by atoms with Crippen LogP contribution in [-0.2, 0) is 9.59 Å². The molecule has 11 nitrogen and oxygen atoms in total. The number of aryl methyl sites for hydroxylation is 2. The molecule has 1 aliphatic carbocycles. The second kappa shape index (κ2) is 14.0. The molecular formula is C38H37ClN6O5S. The monoisotopic (exact) mass is 724 g/mol. The summed E-state index contributed by atoms with van der Waals surface area (Å²) in [6, 6.07) is 11.1. The summed E-state index contributed by atoms with van der Waals surface area (Å²) in [5, 5.41) is 13.5. The molecule has 2 aliphatic heterocycles. The third-order valence-corrected chi connectivity index (χ3v) is 11.1. The molecule has 1 unspecified atom stereocenters. The van der Waals surface area contributed by atoms with Crippen LogP contribution in [0.5, 0.6) is 5.75 Å². The van der Waals surface area contributed by atoms with Crippen LogP contribution in [0, 0.1) is 20.8 Å². The highest BCUT2D eigenvalue weighted by atomic mass is 35.5. The molecule has 4 aromatic rings. The maximum absolute atomic E-state index is 13.4. The van der Waals surface area contributed by atoms with Gasteiger partial charge in [0.05, 0.1) is 35.9 Å². The molecule has 3 amide bonds. The highest BCUT2D eigenvalue weighted by Crippen LogP contribution is 2.40. The van der Waals surface area contributed by atoms with Gasteiger partial charge in [0, 0.05) is 34.0 Å². The summed E-state index contributed by atoms with van der Waals surface area (Å²) in [5.74, 6) is 0.334. The zero-order valence-electron chi connectivity index (χ0n) is 28.6. The summed E-state index contributed by atoms with van der Waals surface area (Å²) in [4.78, 5) is 60.0. The van der Waals surface area contributed by atoms with Crippen LogP contribution in [0.4, 0.5) is 0 Å². The van der Waals surface area contributed by atoms with E-state index in [4.69, 9.17) is 21.3 Å². The summed E-state index contributed by atoms with van der Waals surface area (Å²) in [6.07, 6.45) is 2.45. The van der Waals surface area contributed by atoms with Crippen molar-refractivity contribution in [3.05, 3.63) is 104 Å². The lowest BCUT2D eigenvalue weighted by Crippen LogP contribution is -2.46. The van der Waals surface area contributed by atoms with Gasteiger partial charge in [0.1, 0.15) is 22.6 Å². The topological polar surface area (TPSA) is 136 Å². The smallest absolute Gasteiger partial charge is 0.266 e. The lowest BCUT2D eigenvalue weighted by molar-refractivity contribution is -0.123. The van der Waals surface area contributed by atoms with Crippen molar-refractivity contribution in [2.24, 2.45) is 4.99 Å². The number of carbonyl (C=O) groups is 4. The van der Waals surface area contributed by atoms with E-state index in [9.17, 15) is 19.2 Å². The van der Waals surface area contributed by atoms with Gasteiger partial charge in [-0.25, -0.2) is 0 Å². The number of hydrogen-bond acceptors (Lipinski definition) is 9. The van der Waals surface area contributed by atoms with Gasteiger partial charge in [0.15, 0.2) is 11.6 Å². The second-order valence-electron chi connectivity index (χ2n) is 13.1. The number of ketones is 1. The number of nitrogens with zero attached hydrogens (tertiary/aromatic N) is 5. The molecule has 2 aromatic heterocycles. The van der Waals surface area contributed by atoms with Crippen molar-refractivity contribution in [1.29, 1.82) is 0 Å². The van der Waals surface area contributed by atoms with Crippen LogP contribution in [0.1, 0.15) is 98.5 Å². The zero-order valence-corrected chi connectivity index (χ0v) is 30.2. The number of aromatic nitrogens is 3. The molecule has 2 atom stereocenters. The standard InChI is InChI=1S/C38H37ClN6O5S/c1-20-10-15-28(29(46)18-20)45-36(48)26-8-7-9-30(33(26)37(45)49)50-17-6-5-16-40-31(47)19-27-35-43-42-23(4)44(35)38-32(21(2)22(3)51-38)34(41-27)24-11-13-25(39)14-12-24/h7-9,11-14,27-28H,1,5-6,10,15-19H2,2-4H3,(H,40,47)/t27-,28?/m0/s1. The number of Topliss-reactive ketones (excluding diaryl/α,β-unsaturated/α-hetero) is 1. The van der Waals surface area contributed by atoms with Crippen molar-refractivity contribution >= 4 is 52.2 Å². The molecular weight excluding hydrogens is 688 g/mol. The largest absolute Gasteiger partial charge is 0.493 e. The first-order chi connectivity index (χ1) is 24.5. The van der Waals surface area contributed by atoms with Gasteiger partial charge in [0.2, 0.25) is 5.91 Å². The molecule has 3 aliphatic rings. The SMILES string of the molecule is C=C1CCC(N2C(=O)c3cccc(OCCCCNC(=O)C[C@@H]4N=C(c5ccc(Cl)cc5)c5c(sc(C)c5C)-n5c(C)nnc54)c3C2=O)C(=O)C1. The minimum absolute atomic E-state index is 0.0824. The number of thiophene rings is 1. The van der Waals surface area contributed by atoms with Crippen LogP contribution in [0.2, 0.25) is 5.02 Å². The molecule has 0 spiro atoms. The van der Waals surface area contributed by atoms with Crippen molar-refractivity contribution in [2.75, 3.05) is 13.2 Å². The fourth-order valence-corrected chi connectivity index (χ4v) is 8.26. The Morgan fingerprint density at radius 2 is 1.82 bits per heavy atom. The van der Waals surface area contributed by atoms with Gasteiger partial charge >= 0.3 is 0 Å². The number of amides is 3. The Morgan fingerprint density at radius 1 is 1.04 bits per heavy atom. The van der Waals surface area contributed by atoms with E-state index < -0.39 is 23.9 Å². The number of fused-ring (bicyclic) bond motifs is 4. The van der Waals surface area contributed by atoms with Crippen LogP contribution in [0.3, 0.4) is 0 Å². The van der Waals surface area contributed by atoms with E-state index in [-0.39, 0.29) is 42.3 Å². The Hall–Kier alpha value is -4.94. The summed E-state index contributed by atoms with van der Waals surface area (Å²) >= 11 is 7.87. The van der Waals surface area contributed by atoms with E-state index in [1.807, 2.05) is 35.8 Å². The molecule has 13 heteroatoms. The summed E-state index contributed by atoms with van der Waals surface area (Å²) < 4.78 is 8.00. The lowest BCUT2D eigenvalue weighted by Gasteiger charge is -2.29. The number of rotatable bonds is 10. The van der Waals surface area contributed by atoms with E-state index in [0.717, 1.165) is 43.7 Å². The van der Waals surface area contributed by atoms with Crippen molar-refractivity contribution in [2.45, 2.75) is 71.4 Å². The fourth-order valence-electron chi connectivity index (χ4n) is 6.92. The molecule has 0 saturated heterocycles. The molecule has 2 aromatic carbocycles. The van der Waals surface area contributed by atoms with Crippen LogP contribution >= 0.6 is 22.9 Å². The third-order valence-electron chi connectivity index (χ3n) is 9.67. The fraction of sp³-hybridized carbons (Fsp3) is 0.342. The molecule has 262 valence electrons. The number of ether oxygens (including phenoxy) is 1. The molecule has 0 bridgehead atoms. The second-order valence-corrected chi connectivity index (χ2v) is 14.8. The highest BCUT2D eigenvalue weighted by molar-refractivity contribution is 7.15. The number of unbranched alkanes of at least 4 members (excludes halogenated alkanes) is 1. The van der Waals surface area contributed by atoms with E-state index >= 15 is 0 Å². The van der Waals surface area contributed by atoms with Crippen molar-refractivity contribution in [3.8, 4) is 10.8 Å². The Bertz CT molecular complexity index is 2130. The van der Waals surface area contributed by atoms with E-state index in [0.29, 0.717) is 48.8 Å². The Morgan fingerprint density at radius 3 is 2.59 bits per heavy atom. The molecule has 4 heterocycles. The highest BCUT2D eigenvalue weighted by Gasteiger charge is 2.45. The molecule has 1 saturated carbocycles. The van der Waals surface area contributed by atoms with Gasteiger partial charge in [-0.2, -0.15) is 0 Å². The lowest BCUT2D eigenvalue weighted by atomic mass is 9.89. The number of aliphatic imine (C=N–C) groups is 1. The third kappa shape index (κ3) is 6.42. The normalized spacial score (nSPS) is 18.3. The zero-order chi connectivity index (χ0) is 36.0. The van der Waals surface area contributed by atoms with Gasteiger partial charge in [-0.15, -0.1) is 21.5 Å². The van der Waals surface area contributed by atoms with E-state index in [2.05, 4.69) is 35.9 Å². The maximum Gasteiger partial charge on any atom is 0.266 e. The van der Waals surface area contributed by atoms with Crippen LogP contribution in [0.15, 0.2) is 59.6 Å². The Labute approximate surface area is 304 Å². The van der Waals surface area contributed by atoms with Crippen molar-refractivity contribution < 1.29 is 23.9 Å². The molecule has 1 N–H and O–H groups in total. The number of imide groups is 1. The van der Waals surface area contributed by atoms with Crippen LogP contribution in [0.25, 0.3) is 5.00 Å². The number of hydrogen-bond donors (Lipinski definition) is 1. The number of halogens is 1. The first-order valence-corrected chi connectivity index (χ1v) is 18.2. The summed E-state index contributed by atoms with van der Waals surface area (Å²) in [7, 11) is 0. The van der Waals surface area contributed by atoms with E-state index in [1.165, 1.54) is 4.88 Å². The Balaban J connectivity index is 0.983. The first kappa shape index (κ1) is 34.5. The number of benzene rings is 2. The quantitative estimate of drug-likeness (QED) is 0.113. The van der Waals surface area contributed by atoms with Crippen molar-refractivity contribution in [1.82, 2.24) is 25.0 Å². The van der Waals surface area contributed by atoms with Gasteiger partial charge in [-0.05, 0) is 76.3 Å².